The Balaban J connectivity index is 1.82. The van der Waals surface area contributed by atoms with Crippen molar-refractivity contribution >= 4 is 23.5 Å². The fourth-order valence-corrected chi connectivity index (χ4v) is 2.55. The maximum atomic E-state index is 12.5. The molecule has 8 heteroatoms. The highest BCUT2D eigenvalue weighted by molar-refractivity contribution is 6.01. The lowest BCUT2D eigenvalue weighted by Crippen LogP contribution is -2.43. The van der Waals surface area contributed by atoms with Crippen LogP contribution in [-0.2, 0) is 16.0 Å². The number of hydrogen-bond acceptors (Lipinski definition) is 5. The number of carbonyl (C=O) groups is 3. The van der Waals surface area contributed by atoms with Crippen LogP contribution in [0.5, 0.6) is 0 Å². The largest absolute Gasteiger partial charge is 0.383 e. The quantitative estimate of drug-likeness (QED) is 0.454. The SMILES string of the molecule is COCCNC(=O)NC(=O)CNc1ccccc1C(=O)NCCc1ccccc1. The Labute approximate surface area is 170 Å². The molecular formula is C21H26N4O4. The predicted octanol–water partition coefficient (Wildman–Crippen LogP) is 1.54. The van der Waals surface area contributed by atoms with Gasteiger partial charge in [-0.15, -0.1) is 0 Å². The van der Waals surface area contributed by atoms with Crippen molar-refractivity contribution in [2.45, 2.75) is 6.42 Å². The molecule has 0 unspecified atom stereocenters. The number of benzene rings is 2. The van der Waals surface area contributed by atoms with Crippen molar-refractivity contribution in [3.05, 3.63) is 65.7 Å². The second kappa shape index (κ2) is 12.1. The Hall–Kier alpha value is -3.39. The minimum Gasteiger partial charge on any atom is -0.383 e. The van der Waals surface area contributed by atoms with E-state index >= 15 is 0 Å². The fourth-order valence-electron chi connectivity index (χ4n) is 2.55. The topological polar surface area (TPSA) is 109 Å². The van der Waals surface area contributed by atoms with Crippen LogP contribution in [0, 0.1) is 0 Å². The summed E-state index contributed by atoms with van der Waals surface area (Å²) in [5, 5.41) is 10.5. The molecule has 4 N–H and O–H groups in total. The van der Waals surface area contributed by atoms with E-state index in [1.54, 1.807) is 24.3 Å². The molecule has 2 rings (SSSR count). The number of para-hydroxylation sites is 1. The van der Waals surface area contributed by atoms with Crippen LogP contribution in [0.4, 0.5) is 10.5 Å². The number of amides is 4. The Morgan fingerprint density at radius 2 is 1.62 bits per heavy atom. The zero-order valence-corrected chi connectivity index (χ0v) is 16.4. The zero-order chi connectivity index (χ0) is 20.9. The highest BCUT2D eigenvalue weighted by atomic mass is 16.5. The first-order valence-corrected chi connectivity index (χ1v) is 9.32. The number of methoxy groups -OCH3 is 1. The first-order valence-electron chi connectivity index (χ1n) is 9.32. The number of nitrogens with one attached hydrogen (secondary N) is 4. The smallest absolute Gasteiger partial charge is 0.321 e. The van der Waals surface area contributed by atoms with Gasteiger partial charge >= 0.3 is 6.03 Å². The van der Waals surface area contributed by atoms with Crippen molar-refractivity contribution in [3.63, 3.8) is 0 Å². The average Bonchev–Trinajstić information content (AvgIpc) is 2.73. The normalized spacial score (nSPS) is 10.1. The van der Waals surface area contributed by atoms with E-state index in [9.17, 15) is 14.4 Å². The molecule has 0 saturated carbocycles. The molecule has 0 aromatic heterocycles. The summed E-state index contributed by atoms with van der Waals surface area (Å²) in [6.07, 6.45) is 0.725. The van der Waals surface area contributed by atoms with Crippen molar-refractivity contribution in [2.24, 2.45) is 0 Å². The Morgan fingerprint density at radius 3 is 2.38 bits per heavy atom. The fraction of sp³-hybridized carbons (Fsp3) is 0.286. The number of anilines is 1. The van der Waals surface area contributed by atoms with Gasteiger partial charge in [-0.25, -0.2) is 4.79 Å². The van der Waals surface area contributed by atoms with Gasteiger partial charge in [0.25, 0.3) is 5.91 Å². The van der Waals surface area contributed by atoms with E-state index in [1.165, 1.54) is 7.11 Å². The molecule has 0 aliphatic carbocycles. The molecule has 2 aromatic carbocycles. The Bertz CT molecular complexity index is 811. The molecule has 154 valence electrons. The molecule has 0 saturated heterocycles. The second-order valence-corrected chi connectivity index (χ2v) is 6.19. The third-order valence-corrected chi connectivity index (χ3v) is 4.00. The lowest BCUT2D eigenvalue weighted by molar-refractivity contribution is -0.118. The van der Waals surface area contributed by atoms with Gasteiger partial charge < -0.3 is 20.7 Å². The molecule has 0 bridgehead atoms. The molecule has 2 aromatic rings. The molecule has 0 fully saturated rings. The minimum absolute atomic E-state index is 0.147. The third kappa shape index (κ3) is 8.02. The van der Waals surface area contributed by atoms with Crippen molar-refractivity contribution in [2.75, 3.05) is 38.7 Å². The lowest BCUT2D eigenvalue weighted by Gasteiger charge is -2.12. The van der Waals surface area contributed by atoms with Gasteiger partial charge in [0, 0.05) is 25.9 Å². The van der Waals surface area contributed by atoms with Gasteiger partial charge in [-0.2, -0.15) is 0 Å². The van der Waals surface area contributed by atoms with Crippen LogP contribution in [0.2, 0.25) is 0 Å². The van der Waals surface area contributed by atoms with Crippen LogP contribution in [0.25, 0.3) is 0 Å². The number of urea groups is 1. The maximum Gasteiger partial charge on any atom is 0.321 e. The lowest BCUT2D eigenvalue weighted by atomic mass is 10.1. The second-order valence-electron chi connectivity index (χ2n) is 6.19. The van der Waals surface area contributed by atoms with Gasteiger partial charge in [0.1, 0.15) is 0 Å². The number of hydrogen-bond donors (Lipinski definition) is 4. The Kier molecular flexibility index (Phi) is 9.17. The first-order chi connectivity index (χ1) is 14.1. The molecule has 8 nitrogen and oxygen atoms in total. The van der Waals surface area contributed by atoms with E-state index in [2.05, 4.69) is 21.3 Å². The van der Waals surface area contributed by atoms with Gasteiger partial charge in [0.05, 0.1) is 18.7 Å². The summed E-state index contributed by atoms with van der Waals surface area (Å²) in [4.78, 5) is 36.0. The number of imide groups is 1. The molecule has 0 aliphatic heterocycles. The molecule has 0 aliphatic rings. The summed E-state index contributed by atoms with van der Waals surface area (Å²) in [7, 11) is 1.52. The summed E-state index contributed by atoms with van der Waals surface area (Å²) >= 11 is 0. The average molecular weight is 398 g/mol. The van der Waals surface area contributed by atoms with Crippen molar-refractivity contribution in [1.82, 2.24) is 16.0 Å². The standard InChI is InChI=1S/C21H26N4O4/c1-29-14-13-23-21(28)25-19(26)15-24-18-10-6-5-9-17(18)20(27)22-12-11-16-7-3-2-4-8-16/h2-10,24H,11-15H2,1H3,(H,22,27)(H2,23,25,26,28). The van der Waals surface area contributed by atoms with E-state index in [-0.39, 0.29) is 12.5 Å². The van der Waals surface area contributed by atoms with Crippen LogP contribution in [0.1, 0.15) is 15.9 Å². The number of ether oxygens (including phenoxy) is 1. The van der Waals surface area contributed by atoms with Crippen molar-refractivity contribution < 1.29 is 19.1 Å². The van der Waals surface area contributed by atoms with E-state index in [1.807, 2.05) is 30.3 Å². The summed E-state index contributed by atoms with van der Waals surface area (Å²) in [6, 6.07) is 16.2. The molecule has 0 radical (unpaired) electrons. The monoisotopic (exact) mass is 398 g/mol. The van der Waals surface area contributed by atoms with Crippen molar-refractivity contribution in [3.8, 4) is 0 Å². The summed E-state index contributed by atoms with van der Waals surface area (Å²) in [5.41, 5.74) is 2.08. The number of rotatable bonds is 10. The Morgan fingerprint density at radius 1 is 0.897 bits per heavy atom. The van der Waals surface area contributed by atoms with Crippen molar-refractivity contribution in [1.29, 1.82) is 0 Å². The zero-order valence-electron chi connectivity index (χ0n) is 16.4. The van der Waals surface area contributed by atoms with E-state index < -0.39 is 11.9 Å². The maximum absolute atomic E-state index is 12.5. The highest BCUT2D eigenvalue weighted by Crippen LogP contribution is 2.14. The van der Waals surface area contributed by atoms with Crippen LogP contribution >= 0.6 is 0 Å². The third-order valence-electron chi connectivity index (χ3n) is 4.00. The summed E-state index contributed by atoms with van der Waals surface area (Å²) in [6.45, 7) is 1.01. The van der Waals surface area contributed by atoms with E-state index in [0.717, 1.165) is 12.0 Å². The highest BCUT2D eigenvalue weighted by Gasteiger charge is 2.12. The van der Waals surface area contributed by atoms with Crippen LogP contribution < -0.4 is 21.3 Å². The van der Waals surface area contributed by atoms with Gasteiger partial charge in [-0.3, -0.25) is 14.9 Å². The summed E-state index contributed by atoms with van der Waals surface area (Å²) < 4.78 is 4.81. The number of carbonyl (C=O) groups excluding carboxylic acids is 3. The van der Waals surface area contributed by atoms with Gasteiger partial charge in [-0.1, -0.05) is 42.5 Å². The van der Waals surface area contributed by atoms with Gasteiger partial charge in [-0.05, 0) is 24.1 Å². The van der Waals surface area contributed by atoms with Crippen LogP contribution in [0.3, 0.4) is 0 Å². The van der Waals surface area contributed by atoms with Gasteiger partial charge in [0.2, 0.25) is 5.91 Å². The molecule has 0 heterocycles. The molecule has 0 atom stereocenters. The van der Waals surface area contributed by atoms with Crippen LogP contribution in [-0.4, -0.2) is 51.2 Å². The molecule has 0 spiro atoms. The predicted molar refractivity (Wildman–Crippen MR) is 111 cm³/mol. The molecule has 29 heavy (non-hydrogen) atoms. The molecular weight excluding hydrogens is 372 g/mol. The van der Waals surface area contributed by atoms with E-state index in [4.69, 9.17) is 4.74 Å². The molecule has 4 amide bonds. The van der Waals surface area contributed by atoms with Crippen LogP contribution in [0.15, 0.2) is 54.6 Å². The van der Waals surface area contributed by atoms with Gasteiger partial charge in [0.15, 0.2) is 0 Å². The summed E-state index contributed by atoms with van der Waals surface area (Å²) in [5.74, 6) is -0.749. The van der Waals surface area contributed by atoms with E-state index in [0.29, 0.717) is 30.9 Å². The first kappa shape index (κ1) is 21.9. The minimum atomic E-state index is -0.596.